The van der Waals surface area contributed by atoms with E-state index in [0.29, 0.717) is 12.6 Å². The van der Waals surface area contributed by atoms with Gasteiger partial charge in [-0.05, 0) is 24.8 Å². The molecule has 0 amide bonds. The Morgan fingerprint density at radius 3 is 2.55 bits per heavy atom. The van der Waals surface area contributed by atoms with Crippen LogP contribution in [0, 0.1) is 0 Å². The molecule has 20 heavy (non-hydrogen) atoms. The number of hydrogen-bond acceptors (Lipinski definition) is 2. The molecule has 1 unspecified atom stereocenters. The SMILES string of the molecule is CCC1(CC)CN(CCF)C(Cc2ccccc2)CN1. The first kappa shape index (κ1) is 15.5. The molecule has 1 fully saturated rings. The molecule has 0 aliphatic carbocycles. The van der Waals surface area contributed by atoms with Gasteiger partial charge in [-0.2, -0.15) is 0 Å². The summed E-state index contributed by atoms with van der Waals surface area (Å²) in [6, 6.07) is 10.9. The summed E-state index contributed by atoms with van der Waals surface area (Å²) < 4.78 is 12.9. The number of nitrogens with one attached hydrogen (secondary N) is 1. The van der Waals surface area contributed by atoms with Crippen LogP contribution in [0.5, 0.6) is 0 Å². The Morgan fingerprint density at radius 2 is 1.95 bits per heavy atom. The summed E-state index contributed by atoms with van der Waals surface area (Å²) in [7, 11) is 0. The van der Waals surface area contributed by atoms with Crippen molar-refractivity contribution < 1.29 is 4.39 Å². The number of hydrogen-bond donors (Lipinski definition) is 1. The third-order valence-electron chi connectivity index (χ3n) is 4.77. The van der Waals surface area contributed by atoms with Crippen LogP contribution in [0.2, 0.25) is 0 Å². The van der Waals surface area contributed by atoms with Gasteiger partial charge in [-0.15, -0.1) is 0 Å². The molecule has 1 aromatic rings. The van der Waals surface area contributed by atoms with Gasteiger partial charge in [-0.1, -0.05) is 44.2 Å². The molecule has 112 valence electrons. The summed E-state index contributed by atoms with van der Waals surface area (Å²) in [4.78, 5) is 2.34. The topological polar surface area (TPSA) is 15.3 Å². The van der Waals surface area contributed by atoms with Gasteiger partial charge >= 0.3 is 0 Å². The molecule has 0 bridgehead atoms. The Kier molecular flexibility index (Phi) is 5.55. The van der Waals surface area contributed by atoms with E-state index >= 15 is 0 Å². The first-order valence-corrected chi connectivity index (χ1v) is 7.82. The minimum absolute atomic E-state index is 0.169. The van der Waals surface area contributed by atoms with E-state index in [1.807, 2.05) is 6.07 Å². The van der Waals surface area contributed by atoms with Crippen molar-refractivity contribution in [3.63, 3.8) is 0 Å². The van der Waals surface area contributed by atoms with E-state index in [4.69, 9.17) is 0 Å². The van der Waals surface area contributed by atoms with E-state index in [1.165, 1.54) is 5.56 Å². The summed E-state index contributed by atoms with van der Waals surface area (Å²) >= 11 is 0. The van der Waals surface area contributed by atoms with Crippen molar-refractivity contribution in [3.8, 4) is 0 Å². The van der Waals surface area contributed by atoms with E-state index < -0.39 is 0 Å². The zero-order valence-electron chi connectivity index (χ0n) is 12.7. The van der Waals surface area contributed by atoms with E-state index in [1.54, 1.807) is 0 Å². The normalized spacial score (nSPS) is 22.9. The predicted octanol–water partition coefficient (Wildman–Crippen LogP) is 3.03. The van der Waals surface area contributed by atoms with Crippen molar-refractivity contribution in [1.82, 2.24) is 10.2 Å². The maximum atomic E-state index is 12.9. The standard InChI is InChI=1S/C17H27FN2/c1-3-17(4-2)14-20(11-10-18)16(13-19-17)12-15-8-6-5-7-9-15/h5-9,16,19H,3-4,10-14H2,1-2H3. The highest BCUT2D eigenvalue weighted by Crippen LogP contribution is 2.24. The first-order valence-electron chi connectivity index (χ1n) is 7.82. The van der Waals surface area contributed by atoms with Crippen LogP contribution in [0.4, 0.5) is 4.39 Å². The van der Waals surface area contributed by atoms with Crippen molar-refractivity contribution in [2.75, 3.05) is 26.3 Å². The highest BCUT2D eigenvalue weighted by Gasteiger charge is 2.36. The largest absolute Gasteiger partial charge is 0.308 e. The maximum Gasteiger partial charge on any atom is 0.102 e. The third kappa shape index (κ3) is 3.58. The molecular formula is C17H27FN2. The fourth-order valence-electron chi connectivity index (χ4n) is 3.22. The van der Waals surface area contributed by atoms with Gasteiger partial charge in [0.05, 0.1) is 0 Å². The molecule has 0 saturated carbocycles. The van der Waals surface area contributed by atoms with Gasteiger partial charge in [0.1, 0.15) is 6.67 Å². The molecule has 2 nitrogen and oxygen atoms in total. The van der Waals surface area contributed by atoms with Crippen molar-refractivity contribution in [2.45, 2.75) is 44.7 Å². The molecule has 0 aromatic heterocycles. The Hall–Kier alpha value is -0.930. The van der Waals surface area contributed by atoms with Crippen LogP contribution >= 0.6 is 0 Å². The Labute approximate surface area is 122 Å². The van der Waals surface area contributed by atoms with E-state index in [9.17, 15) is 4.39 Å². The minimum atomic E-state index is -0.255. The molecule has 1 aliphatic rings. The van der Waals surface area contributed by atoms with Crippen LogP contribution < -0.4 is 5.32 Å². The van der Waals surface area contributed by atoms with Gasteiger partial charge in [0.15, 0.2) is 0 Å². The summed E-state index contributed by atoms with van der Waals surface area (Å²) in [6.45, 7) is 6.66. The lowest BCUT2D eigenvalue weighted by Gasteiger charge is -2.47. The summed E-state index contributed by atoms with van der Waals surface area (Å²) in [5.74, 6) is 0. The van der Waals surface area contributed by atoms with Crippen LogP contribution in [-0.4, -0.2) is 42.8 Å². The van der Waals surface area contributed by atoms with Crippen molar-refractivity contribution in [1.29, 1.82) is 0 Å². The monoisotopic (exact) mass is 278 g/mol. The number of alkyl halides is 1. The quantitative estimate of drug-likeness (QED) is 0.860. The molecule has 1 aromatic carbocycles. The molecule has 0 spiro atoms. The molecule has 1 aliphatic heterocycles. The lowest BCUT2D eigenvalue weighted by molar-refractivity contribution is 0.0674. The average molecular weight is 278 g/mol. The fraction of sp³-hybridized carbons (Fsp3) is 0.647. The Morgan fingerprint density at radius 1 is 1.25 bits per heavy atom. The van der Waals surface area contributed by atoms with Crippen molar-refractivity contribution in [2.24, 2.45) is 0 Å². The van der Waals surface area contributed by atoms with Gasteiger partial charge in [0.25, 0.3) is 0 Å². The lowest BCUT2D eigenvalue weighted by atomic mass is 9.87. The Balaban J connectivity index is 2.05. The molecule has 1 saturated heterocycles. The lowest BCUT2D eigenvalue weighted by Crippen LogP contribution is -2.64. The summed E-state index contributed by atoms with van der Waals surface area (Å²) in [5.41, 5.74) is 1.51. The zero-order valence-corrected chi connectivity index (χ0v) is 12.7. The molecule has 1 heterocycles. The molecule has 3 heteroatoms. The van der Waals surface area contributed by atoms with E-state index in [-0.39, 0.29) is 12.2 Å². The average Bonchev–Trinajstić information content (AvgIpc) is 2.50. The van der Waals surface area contributed by atoms with E-state index in [0.717, 1.165) is 32.4 Å². The van der Waals surface area contributed by atoms with Crippen molar-refractivity contribution in [3.05, 3.63) is 35.9 Å². The highest BCUT2D eigenvalue weighted by molar-refractivity contribution is 5.16. The number of nitrogens with zero attached hydrogens (tertiary/aromatic N) is 1. The molecule has 0 radical (unpaired) electrons. The van der Waals surface area contributed by atoms with Crippen molar-refractivity contribution >= 4 is 0 Å². The number of halogens is 1. The maximum absolute atomic E-state index is 12.9. The Bertz CT molecular complexity index is 389. The van der Waals surface area contributed by atoms with Crippen LogP contribution in [-0.2, 0) is 6.42 Å². The predicted molar refractivity (Wildman–Crippen MR) is 82.8 cm³/mol. The summed E-state index contributed by atoms with van der Waals surface area (Å²) in [5, 5.41) is 3.73. The molecular weight excluding hydrogens is 251 g/mol. The number of rotatable bonds is 6. The minimum Gasteiger partial charge on any atom is -0.308 e. The third-order valence-corrected chi connectivity index (χ3v) is 4.77. The molecule has 2 rings (SSSR count). The number of piperazine rings is 1. The van der Waals surface area contributed by atoms with Gasteiger partial charge in [0.2, 0.25) is 0 Å². The van der Waals surface area contributed by atoms with Gasteiger partial charge < -0.3 is 5.32 Å². The zero-order chi connectivity index (χ0) is 14.4. The van der Waals surface area contributed by atoms with Crippen LogP contribution in [0.25, 0.3) is 0 Å². The molecule has 1 N–H and O–H groups in total. The summed E-state index contributed by atoms with van der Waals surface area (Å²) in [6.07, 6.45) is 3.20. The second kappa shape index (κ2) is 7.19. The second-order valence-corrected chi connectivity index (χ2v) is 5.87. The second-order valence-electron chi connectivity index (χ2n) is 5.87. The van der Waals surface area contributed by atoms with Crippen LogP contribution in [0.15, 0.2) is 30.3 Å². The van der Waals surface area contributed by atoms with Gasteiger partial charge in [-0.25, -0.2) is 4.39 Å². The molecule has 1 atom stereocenters. The van der Waals surface area contributed by atoms with Gasteiger partial charge in [-0.3, -0.25) is 4.90 Å². The van der Waals surface area contributed by atoms with Crippen LogP contribution in [0.3, 0.4) is 0 Å². The van der Waals surface area contributed by atoms with Crippen LogP contribution in [0.1, 0.15) is 32.3 Å². The van der Waals surface area contributed by atoms with E-state index in [2.05, 4.69) is 48.3 Å². The highest BCUT2D eigenvalue weighted by atomic mass is 19.1. The fourth-order valence-corrected chi connectivity index (χ4v) is 3.22. The first-order chi connectivity index (χ1) is 9.73. The smallest absolute Gasteiger partial charge is 0.102 e. The van der Waals surface area contributed by atoms with Gasteiger partial charge in [0, 0.05) is 31.2 Å². The number of benzene rings is 1.